The van der Waals surface area contributed by atoms with Crippen LogP contribution in [0, 0.1) is 5.92 Å². The molecule has 1 unspecified atom stereocenters. The first-order chi connectivity index (χ1) is 8.17. The van der Waals surface area contributed by atoms with Gasteiger partial charge in [0.25, 0.3) is 0 Å². The maximum Gasteiger partial charge on any atom is 0.228 e. The molecule has 1 fully saturated rings. The molecule has 7 heteroatoms. The summed E-state index contributed by atoms with van der Waals surface area (Å²) in [6.07, 6.45) is 1.73. The van der Waals surface area contributed by atoms with Crippen molar-refractivity contribution in [2.24, 2.45) is 5.92 Å². The van der Waals surface area contributed by atoms with Crippen molar-refractivity contribution in [3.63, 3.8) is 0 Å². The van der Waals surface area contributed by atoms with Gasteiger partial charge in [-0.15, -0.1) is 11.6 Å². The van der Waals surface area contributed by atoms with Crippen molar-refractivity contribution in [1.29, 1.82) is 0 Å². The summed E-state index contributed by atoms with van der Waals surface area (Å²) in [6, 6.07) is 0. The number of nitrogens with zero attached hydrogens (tertiary/aromatic N) is 3. The van der Waals surface area contributed by atoms with Crippen LogP contribution >= 0.6 is 23.2 Å². The van der Waals surface area contributed by atoms with Gasteiger partial charge in [-0.25, -0.2) is 9.97 Å². The van der Waals surface area contributed by atoms with Crippen molar-refractivity contribution in [1.82, 2.24) is 9.97 Å². The quantitative estimate of drug-likeness (QED) is 0.623. The van der Waals surface area contributed by atoms with Crippen LogP contribution in [0.2, 0.25) is 5.15 Å². The lowest BCUT2D eigenvalue weighted by Crippen LogP contribution is -2.26. The summed E-state index contributed by atoms with van der Waals surface area (Å²) in [5.74, 6) is 1.29. The van der Waals surface area contributed by atoms with Gasteiger partial charge in [-0.3, -0.25) is 9.69 Å². The second-order valence-electron chi connectivity index (χ2n) is 3.75. The normalized spacial score (nSPS) is 19.8. The largest absolute Gasteiger partial charge is 0.490 e. The Kier molecular flexibility index (Phi) is 3.69. The minimum Gasteiger partial charge on any atom is -0.490 e. The van der Waals surface area contributed by atoms with Crippen molar-refractivity contribution >= 4 is 34.9 Å². The number of carbonyl (C=O) groups is 1. The summed E-state index contributed by atoms with van der Waals surface area (Å²) < 4.78 is 5.12. The highest BCUT2D eigenvalue weighted by molar-refractivity contribution is 6.31. The zero-order valence-electron chi connectivity index (χ0n) is 9.19. The topological polar surface area (TPSA) is 55.3 Å². The summed E-state index contributed by atoms with van der Waals surface area (Å²) in [4.78, 5) is 21.2. The SMILES string of the molecule is COc1c(Cl)ncnc1N1CC(CCl)CC1=O. The molecule has 1 aromatic rings. The van der Waals surface area contributed by atoms with E-state index in [1.807, 2.05) is 0 Å². The summed E-state index contributed by atoms with van der Waals surface area (Å²) in [5, 5.41) is 0.194. The molecule has 0 radical (unpaired) electrons. The van der Waals surface area contributed by atoms with E-state index >= 15 is 0 Å². The van der Waals surface area contributed by atoms with Gasteiger partial charge in [0.15, 0.2) is 16.7 Å². The second-order valence-corrected chi connectivity index (χ2v) is 4.42. The Bertz CT molecular complexity index is 442. The number of amides is 1. The molecule has 0 N–H and O–H groups in total. The molecule has 1 atom stereocenters. The average molecular weight is 276 g/mol. The van der Waals surface area contributed by atoms with Gasteiger partial charge < -0.3 is 4.74 Å². The zero-order chi connectivity index (χ0) is 12.4. The molecule has 2 rings (SSSR count). The Balaban J connectivity index is 2.34. The van der Waals surface area contributed by atoms with Gasteiger partial charge >= 0.3 is 0 Å². The molecule has 0 bridgehead atoms. The molecular weight excluding hydrogens is 265 g/mol. The Morgan fingerprint density at radius 3 is 2.94 bits per heavy atom. The fourth-order valence-electron chi connectivity index (χ4n) is 1.80. The lowest BCUT2D eigenvalue weighted by atomic mass is 10.1. The molecule has 1 amide bonds. The zero-order valence-corrected chi connectivity index (χ0v) is 10.7. The molecule has 2 heterocycles. The molecule has 1 saturated heterocycles. The van der Waals surface area contributed by atoms with Gasteiger partial charge in [0.05, 0.1) is 7.11 Å². The number of methoxy groups -OCH3 is 1. The van der Waals surface area contributed by atoms with Crippen molar-refractivity contribution in [2.75, 3.05) is 24.4 Å². The van der Waals surface area contributed by atoms with Crippen LogP contribution in [0.4, 0.5) is 5.82 Å². The van der Waals surface area contributed by atoms with Crippen molar-refractivity contribution in [3.05, 3.63) is 11.5 Å². The number of anilines is 1. The van der Waals surface area contributed by atoms with E-state index in [-0.39, 0.29) is 17.0 Å². The Morgan fingerprint density at radius 2 is 2.35 bits per heavy atom. The van der Waals surface area contributed by atoms with E-state index in [1.54, 1.807) is 4.90 Å². The maximum atomic E-state index is 11.8. The molecule has 17 heavy (non-hydrogen) atoms. The van der Waals surface area contributed by atoms with E-state index in [4.69, 9.17) is 27.9 Å². The van der Waals surface area contributed by atoms with Crippen LogP contribution in [0.15, 0.2) is 6.33 Å². The number of ether oxygens (including phenoxy) is 1. The third kappa shape index (κ3) is 2.30. The molecule has 1 aromatic heterocycles. The maximum absolute atomic E-state index is 11.8. The minimum atomic E-state index is -0.0243. The summed E-state index contributed by atoms with van der Waals surface area (Å²) in [5.41, 5.74) is 0. The molecule has 5 nitrogen and oxygen atoms in total. The number of aromatic nitrogens is 2. The number of rotatable bonds is 3. The average Bonchev–Trinajstić information content (AvgIpc) is 2.70. The predicted octanol–water partition coefficient (Wildman–Crippen LogP) is 1.73. The minimum absolute atomic E-state index is 0.0243. The van der Waals surface area contributed by atoms with Gasteiger partial charge in [-0.2, -0.15) is 0 Å². The molecule has 0 spiro atoms. The van der Waals surface area contributed by atoms with E-state index < -0.39 is 0 Å². The van der Waals surface area contributed by atoms with Crippen LogP contribution in [0.3, 0.4) is 0 Å². The molecule has 92 valence electrons. The number of carbonyl (C=O) groups excluding carboxylic acids is 1. The van der Waals surface area contributed by atoms with E-state index in [1.165, 1.54) is 13.4 Å². The van der Waals surface area contributed by atoms with Gasteiger partial charge in [-0.1, -0.05) is 11.6 Å². The van der Waals surface area contributed by atoms with Gasteiger partial charge in [0, 0.05) is 18.8 Å². The Morgan fingerprint density at radius 1 is 1.59 bits per heavy atom. The molecule has 0 aromatic carbocycles. The first-order valence-corrected chi connectivity index (χ1v) is 5.99. The highest BCUT2D eigenvalue weighted by Gasteiger charge is 2.33. The van der Waals surface area contributed by atoms with Gasteiger partial charge in [0.1, 0.15) is 6.33 Å². The van der Waals surface area contributed by atoms with Crippen molar-refractivity contribution in [2.45, 2.75) is 6.42 Å². The lowest BCUT2D eigenvalue weighted by Gasteiger charge is -2.17. The van der Waals surface area contributed by atoms with E-state index in [9.17, 15) is 4.79 Å². The molecular formula is C10H11Cl2N3O2. The van der Waals surface area contributed by atoms with E-state index in [0.29, 0.717) is 30.4 Å². The van der Waals surface area contributed by atoms with Crippen molar-refractivity contribution < 1.29 is 9.53 Å². The third-order valence-electron chi connectivity index (χ3n) is 2.62. The van der Waals surface area contributed by atoms with Crippen LogP contribution in [0.1, 0.15) is 6.42 Å². The fraction of sp³-hybridized carbons (Fsp3) is 0.500. The first-order valence-electron chi connectivity index (χ1n) is 5.08. The van der Waals surface area contributed by atoms with Crippen LogP contribution in [-0.2, 0) is 4.79 Å². The molecule has 1 aliphatic rings. The Labute approximate surface area is 109 Å². The van der Waals surface area contributed by atoms with Crippen molar-refractivity contribution in [3.8, 4) is 5.75 Å². The summed E-state index contributed by atoms with van der Waals surface area (Å²) in [6.45, 7) is 0.534. The monoisotopic (exact) mass is 275 g/mol. The Hall–Kier alpha value is -1.07. The number of alkyl halides is 1. The van der Waals surface area contributed by atoms with Crippen LogP contribution < -0.4 is 9.64 Å². The molecule has 0 aliphatic carbocycles. The molecule has 0 saturated carbocycles. The fourth-order valence-corrected chi connectivity index (χ4v) is 2.21. The van der Waals surface area contributed by atoms with E-state index in [0.717, 1.165) is 0 Å². The highest BCUT2D eigenvalue weighted by atomic mass is 35.5. The van der Waals surface area contributed by atoms with Crippen LogP contribution in [0.25, 0.3) is 0 Å². The third-order valence-corrected chi connectivity index (χ3v) is 3.33. The number of hydrogen-bond donors (Lipinski definition) is 0. The lowest BCUT2D eigenvalue weighted by molar-refractivity contribution is -0.117. The van der Waals surface area contributed by atoms with Gasteiger partial charge in [-0.05, 0) is 5.92 Å². The highest BCUT2D eigenvalue weighted by Crippen LogP contribution is 2.34. The molecule has 1 aliphatic heterocycles. The smallest absolute Gasteiger partial charge is 0.228 e. The van der Waals surface area contributed by atoms with Gasteiger partial charge in [0.2, 0.25) is 5.91 Å². The second kappa shape index (κ2) is 5.06. The number of hydrogen-bond acceptors (Lipinski definition) is 4. The number of halogens is 2. The summed E-state index contributed by atoms with van der Waals surface area (Å²) in [7, 11) is 1.47. The first kappa shape index (κ1) is 12.4. The van der Waals surface area contributed by atoms with E-state index in [2.05, 4.69) is 9.97 Å². The standard InChI is InChI=1S/C10H11Cl2N3O2/c1-17-8-9(12)13-5-14-10(8)15-4-6(3-11)2-7(15)16/h5-6H,2-4H2,1H3. The van der Waals surface area contributed by atoms with Crippen LogP contribution in [0.5, 0.6) is 5.75 Å². The van der Waals surface area contributed by atoms with Crippen LogP contribution in [-0.4, -0.2) is 35.4 Å². The summed E-state index contributed by atoms with van der Waals surface area (Å²) >= 11 is 11.6. The predicted molar refractivity (Wildman–Crippen MR) is 64.8 cm³/mol.